The second kappa shape index (κ2) is 15.8. The molecule has 0 heterocycles. The maximum Gasteiger partial charge on any atom is 0.168 e. The third-order valence-corrected chi connectivity index (χ3v) is 6.21. The van der Waals surface area contributed by atoms with E-state index < -0.39 is 16.8 Å². The summed E-state index contributed by atoms with van der Waals surface area (Å²) in [5.74, 6) is 0.0364. The van der Waals surface area contributed by atoms with Gasteiger partial charge in [0.05, 0.1) is 17.6 Å². The van der Waals surface area contributed by atoms with Crippen molar-refractivity contribution in [2.45, 2.75) is 62.6 Å². The largest absolute Gasteiger partial charge is 0.508 e. The molecule has 0 fully saturated rings. The van der Waals surface area contributed by atoms with Gasteiger partial charge >= 0.3 is 0 Å². The zero-order chi connectivity index (χ0) is 23.9. The number of phenols is 1. The Labute approximate surface area is 198 Å². The molecule has 33 heavy (non-hydrogen) atoms. The average molecular weight is 480 g/mol. The van der Waals surface area contributed by atoms with Crippen LogP contribution < -0.4 is 5.32 Å². The zero-order valence-electron chi connectivity index (χ0n) is 19.1. The predicted molar refractivity (Wildman–Crippen MR) is 129 cm³/mol. The fourth-order valence-corrected chi connectivity index (χ4v) is 4.07. The van der Waals surface area contributed by atoms with E-state index in [2.05, 4.69) is 5.32 Å². The van der Waals surface area contributed by atoms with Crippen LogP contribution in [0.4, 0.5) is 0 Å². The average Bonchev–Trinajstić information content (AvgIpc) is 2.82. The molecule has 0 aromatic heterocycles. The van der Waals surface area contributed by atoms with Crippen molar-refractivity contribution in [3.8, 4) is 5.75 Å². The van der Waals surface area contributed by atoms with Crippen LogP contribution in [0, 0.1) is 0 Å². The molecule has 7 nitrogen and oxygen atoms in total. The highest BCUT2D eigenvalue weighted by Gasteiger charge is 2.09. The van der Waals surface area contributed by atoms with Gasteiger partial charge in [0.15, 0.2) is 10.7 Å². The summed E-state index contributed by atoms with van der Waals surface area (Å²) >= 11 is 0. The predicted octanol–water partition coefficient (Wildman–Crippen LogP) is 3.08. The van der Waals surface area contributed by atoms with Crippen molar-refractivity contribution in [2.75, 3.05) is 26.3 Å². The van der Waals surface area contributed by atoms with Gasteiger partial charge in [0.2, 0.25) is 0 Å². The topological polar surface area (TPSA) is 116 Å². The Balaban J connectivity index is 1.42. The molecule has 0 aliphatic rings. The maximum atomic E-state index is 11.0. The number of hydrogen-bond acceptors (Lipinski definition) is 7. The molecule has 8 heteroatoms. The van der Waals surface area contributed by atoms with Gasteiger partial charge in [-0.05, 0) is 67.6 Å². The number of unbranched alkanes of at least 4 members (excludes halogenated alkanes) is 4. The number of ether oxygens (including phenoxy) is 1. The Hall–Kier alpha value is -1.97. The van der Waals surface area contributed by atoms with E-state index in [1.165, 1.54) is 6.07 Å². The van der Waals surface area contributed by atoms with E-state index in [1.807, 2.05) is 6.07 Å². The van der Waals surface area contributed by atoms with Crippen LogP contribution in [0.15, 0.2) is 47.4 Å². The van der Waals surface area contributed by atoms with Gasteiger partial charge in [0, 0.05) is 25.3 Å². The summed E-state index contributed by atoms with van der Waals surface area (Å²) in [4.78, 5) is 0.365. The SMILES string of the molecule is O=[SH](=O)c1cccc(CCCOCCCCCCCNCC(O)c2ccc(O)c(CO)c2)c1. The number of nitrogens with one attached hydrogen (secondary N) is 1. The van der Waals surface area contributed by atoms with Crippen molar-refractivity contribution in [1.82, 2.24) is 5.32 Å². The minimum atomic E-state index is -2.52. The number of rotatable bonds is 17. The summed E-state index contributed by atoms with van der Waals surface area (Å²) in [7, 11) is -2.52. The number of aromatic hydroxyl groups is 1. The Kier molecular flexibility index (Phi) is 13.1. The van der Waals surface area contributed by atoms with Crippen molar-refractivity contribution >= 4 is 10.7 Å². The van der Waals surface area contributed by atoms with E-state index in [4.69, 9.17) is 4.74 Å². The highest BCUT2D eigenvalue weighted by Crippen LogP contribution is 2.22. The smallest absolute Gasteiger partial charge is 0.168 e. The zero-order valence-corrected chi connectivity index (χ0v) is 20.0. The molecule has 2 rings (SSSR count). The number of hydrogen-bond donors (Lipinski definition) is 5. The molecule has 0 aliphatic carbocycles. The molecule has 0 bridgehead atoms. The molecule has 2 aromatic rings. The third kappa shape index (κ3) is 10.7. The molecule has 0 spiro atoms. The lowest BCUT2D eigenvalue weighted by Crippen LogP contribution is -2.22. The summed E-state index contributed by atoms with van der Waals surface area (Å²) in [5.41, 5.74) is 2.12. The van der Waals surface area contributed by atoms with Gasteiger partial charge < -0.3 is 25.4 Å². The third-order valence-electron chi connectivity index (χ3n) is 5.51. The molecule has 1 atom stereocenters. The second-order valence-electron chi connectivity index (χ2n) is 8.18. The summed E-state index contributed by atoms with van der Waals surface area (Å²) in [6, 6.07) is 11.8. The molecule has 0 saturated heterocycles. The highest BCUT2D eigenvalue weighted by molar-refractivity contribution is 7.72. The summed E-state index contributed by atoms with van der Waals surface area (Å²) in [5, 5.41) is 32.3. The Morgan fingerprint density at radius 3 is 2.48 bits per heavy atom. The van der Waals surface area contributed by atoms with E-state index in [0.29, 0.717) is 29.2 Å². The molecule has 0 aliphatic heterocycles. The fraction of sp³-hybridized carbons (Fsp3) is 0.520. The first-order chi connectivity index (χ1) is 16.0. The molecule has 0 saturated carbocycles. The van der Waals surface area contributed by atoms with Crippen LogP contribution in [-0.4, -0.2) is 50.0 Å². The number of aliphatic hydroxyl groups excluding tert-OH is 2. The monoisotopic (exact) mass is 479 g/mol. The first kappa shape index (κ1) is 27.3. The van der Waals surface area contributed by atoms with Gasteiger partial charge in [-0.25, -0.2) is 8.42 Å². The molecule has 4 N–H and O–H groups in total. The van der Waals surface area contributed by atoms with Crippen LogP contribution in [0.1, 0.15) is 61.3 Å². The van der Waals surface area contributed by atoms with Crippen LogP contribution >= 0.6 is 0 Å². The standard InChI is InChI=1S/C25H37NO6S/c27-19-22-17-21(11-12-24(22)28)25(29)18-26-13-4-2-1-3-5-14-32-15-7-9-20-8-6-10-23(16-20)33(30)31/h6,8,10-12,16-17,25-29,33H,1-5,7,9,13-15,18-19H2. The van der Waals surface area contributed by atoms with Crippen LogP contribution in [0.5, 0.6) is 5.75 Å². The molecule has 0 amide bonds. The van der Waals surface area contributed by atoms with Crippen LogP contribution in [-0.2, 0) is 28.5 Å². The highest BCUT2D eigenvalue weighted by atomic mass is 32.2. The second-order valence-corrected chi connectivity index (χ2v) is 9.21. The molecular formula is C25H37NO6S. The summed E-state index contributed by atoms with van der Waals surface area (Å²) < 4.78 is 27.7. The quantitative estimate of drug-likeness (QED) is 0.175. The number of benzene rings is 2. The van der Waals surface area contributed by atoms with Gasteiger partial charge in [-0.3, -0.25) is 0 Å². The first-order valence-electron chi connectivity index (χ1n) is 11.6. The van der Waals surface area contributed by atoms with Crippen LogP contribution in [0.25, 0.3) is 0 Å². The summed E-state index contributed by atoms with van der Waals surface area (Å²) in [6.45, 7) is 2.44. The Morgan fingerprint density at radius 2 is 1.70 bits per heavy atom. The van der Waals surface area contributed by atoms with Gasteiger partial charge in [-0.2, -0.15) is 0 Å². The number of aryl methyl sites for hydroxylation is 1. The van der Waals surface area contributed by atoms with Crippen molar-refractivity contribution in [3.63, 3.8) is 0 Å². The van der Waals surface area contributed by atoms with E-state index in [9.17, 15) is 23.7 Å². The van der Waals surface area contributed by atoms with Crippen LogP contribution in [0.2, 0.25) is 0 Å². The maximum absolute atomic E-state index is 11.0. The van der Waals surface area contributed by atoms with E-state index in [-0.39, 0.29) is 12.4 Å². The molecule has 1 unspecified atom stereocenters. The van der Waals surface area contributed by atoms with Gasteiger partial charge in [-0.1, -0.05) is 37.5 Å². The Bertz CT molecular complexity index is 894. The molecule has 184 valence electrons. The number of aliphatic hydroxyl groups is 2. The minimum absolute atomic E-state index is 0.0364. The lowest BCUT2D eigenvalue weighted by atomic mass is 10.1. The van der Waals surface area contributed by atoms with Crippen molar-refractivity contribution in [3.05, 3.63) is 59.2 Å². The van der Waals surface area contributed by atoms with E-state index in [1.54, 1.807) is 30.3 Å². The van der Waals surface area contributed by atoms with Crippen molar-refractivity contribution in [1.29, 1.82) is 0 Å². The van der Waals surface area contributed by atoms with E-state index >= 15 is 0 Å². The lowest BCUT2D eigenvalue weighted by Gasteiger charge is -2.14. The number of thiol groups is 1. The van der Waals surface area contributed by atoms with Gasteiger partial charge in [-0.15, -0.1) is 0 Å². The minimum Gasteiger partial charge on any atom is -0.508 e. The molecule has 0 radical (unpaired) electrons. The van der Waals surface area contributed by atoms with Crippen molar-refractivity contribution in [2.24, 2.45) is 0 Å². The lowest BCUT2D eigenvalue weighted by molar-refractivity contribution is 0.127. The normalized spacial score (nSPS) is 12.3. The molecule has 2 aromatic carbocycles. The fourth-order valence-electron chi connectivity index (χ4n) is 3.59. The van der Waals surface area contributed by atoms with Crippen molar-refractivity contribution < 1.29 is 28.5 Å². The first-order valence-corrected chi connectivity index (χ1v) is 12.8. The van der Waals surface area contributed by atoms with E-state index in [0.717, 1.165) is 63.7 Å². The van der Waals surface area contributed by atoms with Gasteiger partial charge in [0.1, 0.15) is 5.75 Å². The Morgan fingerprint density at radius 1 is 0.939 bits per heavy atom. The molecular weight excluding hydrogens is 442 g/mol. The van der Waals surface area contributed by atoms with Crippen LogP contribution in [0.3, 0.4) is 0 Å². The van der Waals surface area contributed by atoms with Gasteiger partial charge in [0.25, 0.3) is 0 Å². The summed E-state index contributed by atoms with van der Waals surface area (Å²) in [6.07, 6.45) is 6.48.